The van der Waals surface area contributed by atoms with E-state index in [1.807, 2.05) is 0 Å². The smallest absolute Gasteiger partial charge is 0.0245 e. The lowest BCUT2D eigenvalue weighted by Gasteiger charge is -2.48. The van der Waals surface area contributed by atoms with E-state index in [-0.39, 0.29) is 0 Å². The molecule has 1 aliphatic heterocycles. The SMILES string of the molecule is Brc1ccccc1CN1CC2(CCCC2)C1. The van der Waals surface area contributed by atoms with Gasteiger partial charge in [-0.3, -0.25) is 4.90 Å². The molecule has 1 aliphatic carbocycles. The maximum Gasteiger partial charge on any atom is 0.0245 e. The largest absolute Gasteiger partial charge is 0.298 e. The molecule has 16 heavy (non-hydrogen) atoms. The minimum atomic E-state index is 0.723. The normalized spacial score (nSPS) is 23.6. The Kier molecular flexibility index (Phi) is 2.80. The second kappa shape index (κ2) is 4.15. The van der Waals surface area contributed by atoms with E-state index >= 15 is 0 Å². The highest BCUT2D eigenvalue weighted by molar-refractivity contribution is 9.10. The van der Waals surface area contributed by atoms with Crippen molar-refractivity contribution in [2.24, 2.45) is 5.41 Å². The first-order chi connectivity index (χ1) is 7.77. The summed E-state index contributed by atoms with van der Waals surface area (Å²) in [5.74, 6) is 0. The Morgan fingerprint density at radius 2 is 1.81 bits per heavy atom. The average molecular weight is 280 g/mol. The van der Waals surface area contributed by atoms with Gasteiger partial charge in [0.15, 0.2) is 0 Å². The van der Waals surface area contributed by atoms with E-state index in [1.165, 1.54) is 48.8 Å². The predicted molar refractivity (Wildman–Crippen MR) is 70.3 cm³/mol. The number of halogens is 1. The fourth-order valence-electron chi connectivity index (χ4n) is 3.32. The zero-order chi connectivity index (χ0) is 11.0. The van der Waals surface area contributed by atoms with Crippen LogP contribution in [0.2, 0.25) is 0 Å². The van der Waals surface area contributed by atoms with Gasteiger partial charge >= 0.3 is 0 Å². The summed E-state index contributed by atoms with van der Waals surface area (Å²) in [6.45, 7) is 3.77. The summed E-state index contributed by atoms with van der Waals surface area (Å²) in [6.07, 6.45) is 5.87. The van der Waals surface area contributed by atoms with Crippen LogP contribution in [0, 0.1) is 5.41 Å². The molecule has 2 aliphatic rings. The predicted octanol–water partition coefficient (Wildman–Crippen LogP) is 3.83. The summed E-state index contributed by atoms with van der Waals surface area (Å²) < 4.78 is 1.25. The fraction of sp³-hybridized carbons (Fsp3) is 0.571. The van der Waals surface area contributed by atoms with Gasteiger partial charge in [-0.1, -0.05) is 47.0 Å². The van der Waals surface area contributed by atoms with Gasteiger partial charge in [-0.05, 0) is 29.9 Å². The van der Waals surface area contributed by atoms with E-state index in [0.717, 1.165) is 12.0 Å². The van der Waals surface area contributed by atoms with Crippen molar-refractivity contribution >= 4 is 15.9 Å². The lowest BCUT2D eigenvalue weighted by atomic mass is 9.78. The second-order valence-corrected chi connectivity index (χ2v) is 6.30. The highest BCUT2D eigenvalue weighted by atomic mass is 79.9. The third kappa shape index (κ3) is 1.93. The van der Waals surface area contributed by atoms with Crippen LogP contribution < -0.4 is 0 Å². The van der Waals surface area contributed by atoms with Crippen LogP contribution in [-0.4, -0.2) is 18.0 Å². The van der Waals surface area contributed by atoms with Gasteiger partial charge in [0.1, 0.15) is 0 Å². The summed E-state index contributed by atoms with van der Waals surface area (Å²) in [5.41, 5.74) is 2.15. The summed E-state index contributed by atoms with van der Waals surface area (Å²) in [5, 5.41) is 0. The van der Waals surface area contributed by atoms with Gasteiger partial charge in [-0.15, -0.1) is 0 Å². The third-order valence-electron chi connectivity index (χ3n) is 4.13. The molecule has 2 fully saturated rings. The van der Waals surface area contributed by atoms with Crippen LogP contribution in [0.3, 0.4) is 0 Å². The first-order valence-corrected chi connectivity index (χ1v) is 7.03. The topological polar surface area (TPSA) is 3.24 Å². The molecule has 0 atom stereocenters. The molecule has 1 spiro atoms. The van der Waals surface area contributed by atoms with Crippen molar-refractivity contribution in [2.45, 2.75) is 32.2 Å². The summed E-state index contributed by atoms with van der Waals surface area (Å²) in [4.78, 5) is 2.59. The Balaban J connectivity index is 1.60. The van der Waals surface area contributed by atoms with Crippen molar-refractivity contribution in [3.05, 3.63) is 34.3 Å². The highest BCUT2D eigenvalue weighted by Gasteiger charge is 2.44. The van der Waals surface area contributed by atoms with E-state index in [0.29, 0.717) is 0 Å². The molecular formula is C14H18BrN. The molecule has 1 nitrogen and oxygen atoms in total. The Labute approximate surface area is 106 Å². The average Bonchev–Trinajstić information content (AvgIpc) is 2.70. The van der Waals surface area contributed by atoms with Crippen LogP contribution in [0.25, 0.3) is 0 Å². The Hall–Kier alpha value is -0.340. The molecule has 86 valence electrons. The molecular weight excluding hydrogens is 262 g/mol. The lowest BCUT2D eigenvalue weighted by Crippen LogP contribution is -2.54. The third-order valence-corrected chi connectivity index (χ3v) is 4.91. The molecule has 3 rings (SSSR count). The van der Waals surface area contributed by atoms with Crippen LogP contribution in [0.1, 0.15) is 31.2 Å². The number of likely N-dealkylation sites (tertiary alicyclic amines) is 1. The number of nitrogens with zero attached hydrogens (tertiary/aromatic N) is 1. The van der Waals surface area contributed by atoms with Gasteiger partial charge in [0.2, 0.25) is 0 Å². The molecule has 1 aromatic rings. The van der Waals surface area contributed by atoms with Gasteiger partial charge in [-0.25, -0.2) is 0 Å². The van der Waals surface area contributed by atoms with Crippen molar-refractivity contribution in [1.82, 2.24) is 4.90 Å². The minimum Gasteiger partial charge on any atom is -0.298 e. The maximum atomic E-state index is 3.63. The second-order valence-electron chi connectivity index (χ2n) is 5.44. The van der Waals surface area contributed by atoms with Crippen molar-refractivity contribution in [3.8, 4) is 0 Å². The van der Waals surface area contributed by atoms with Gasteiger partial charge < -0.3 is 0 Å². The molecule has 1 saturated heterocycles. The molecule has 1 saturated carbocycles. The monoisotopic (exact) mass is 279 g/mol. The summed E-state index contributed by atoms with van der Waals surface area (Å²) in [6, 6.07) is 8.58. The molecule has 2 heteroatoms. The number of hydrogen-bond donors (Lipinski definition) is 0. The van der Waals surface area contributed by atoms with Gasteiger partial charge in [0, 0.05) is 24.1 Å². The highest BCUT2D eigenvalue weighted by Crippen LogP contribution is 2.45. The van der Waals surface area contributed by atoms with E-state index in [4.69, 9.17) is 0 Å². The van der Waals surface area contributed by atoms with Crippen LogP contribution in [0.5, 0.6) is 0 Å². The molecule has 0 bridgehead atoms. The maximum absolute atomic E-state index is 3.63. The van der Waals surface area contributed by atoms with Crippen molar-refractivity contribution in [2.75, 3.05) is 13.1 Å². The van der Waals surface area contributed by atoms with Crippen LogP contribution in [0.15, 0.2) is 28.7 Å². The van der Waals surface area contributed by atoms with E-state index in [2.05, 4.69) is 45.1 Å². The molecule has 0 unspecified atom stereocenters. The minimum absolute atomic E-state index is 0.723. The van der Waals surface area contributed by atoms with Crippen molar-refractivity contribution < 1.29 is 0 Å². The van der Waals surface area contributed by atoms with Gasteiger partial charge in [0.05, 0.1) is 0 Å². The van der Waals surface area contributed by atoms with Crippen molar-refractivity contribution in [3.63, 3.8) is 0 Å². The van der Waals surface area contributed by atoms with Gasteiger partial charge in [-0.2, -0.15) is 0 Å². The summed E-state index contributed by atoms with van der Waals surface area (Å²) >= 11 is 3.63. The molecule has 0 aromatic heterocycles. The Bertz CT molecular complexity index is 374. The molecule has 0 N–H and O–H groups in total. The first kappa shape index (κ1) is 10.8. The van der Waals surface area contributed by atoms with E-state index in [9.17, 15) is 0 Å². The summed E-state index contributed by atoms with van der Waals surface area (Å²) in [7, 11) is 0. The van der Waals surface area contributed by atoms with Crippen LogP contribution in [0.4, 0.5) is 0 Å². The fourth-order valence-corrected chi connectivity index (χ4v) is 3.73. The van der Waals surface area contributed by atoms with Gasteiger partial charge in [0.25, 0.3) is 0 Å². The standard InChI is InChI=1S/C14H18BrN/c15-13-6-2-1-5-12(13)9-16-10-14(11-16)7-3-4-8-14/h1-2,5-6H,3-4,7-11H2. The molecule has 1 heterocycles. The zero-order valence-corrected chi connectivity index (χ0v) is 11.2. The lowest BCUT2D eigenvalue weighted by molar-refractivity contribution is -0.000389. The Morgan fingerprint density at radius 3 is 2.50 bits per heavy atom. The first-order valence-electron chi connectivity index (χ1n) is 6.23. The number of rotatable bonds is 2. The van der Waals surface area contributed by atoms with E-state index in [1.54, 1.807) is 0 Å². The number of hydrogen-bond acceptors (Lipinski definition) is 1. The molecule has 1 aromatic carbocycles. The van der Waals surface area contributed by atoms with Crippen LogP contribution >= 0.6 is 15.9 Å². The quantitative estimate of drug-likeness (QED) is 0.796. The van der Waals surface area contributed by atoms with E-state index < -0.39 is 0 Å². The number of benzene rings is 1. The molecule has 0 radical (unpaired) electrons. The zero-order valence-electron chi connectivity index (χ0n) is 9.58. The van der Waals surface area contributed by atoms with Crippen LogP contribution in [-0.2, 0) is 6.54 Å². The van der Waals surface area contributed by atoms with Crippen molar-refractivity contribution in [1.29, 1.82) is 0 Å². The molecule has 0 amide bonds. The Morgan fingerprint density at radius 1 is 1.12 bits per heavy atom.